The van der Waals surface area contributed by atoms with Crippen molar-refractivity contribution in [2.45, 2.75) is 13.0 Å². The van der Waals surface area contributed by atoms with Gasteiger partial charge in [-0.2, -0.15) is 11.8 Å². The minimum atomic E-state index is -1.09. The maximum absolute atomic E-state index is 12.5. The van der Waals surface area contributed by atoms with Crippen LogP contribution in [-0.2, 0) is 4.79 Å². The lowest BCUT2D eigenvalue weighted by Gasteiger charge is -2.32. The fraction of sp³-hybridized carbons (Fsp3) is 0.385. The van der Waals surface area contributed by atoms with E-state index in [2.05, 4.69) is 0 Å². The Morgan fingerprint density at radius 3 is 2.81 bits per heavy atom. The van der Waals surface area contributed by atoms with E-state index in [0.717, 1.165) is 0 Å². The van der Waals surface area contributed by atoms with Gasteiger partial charge in [0.1, 0.15) is 11.6 Å². The van der Waals surface area contributed by atoms with Gasteiger partial charge in [-0.1, -0.05) is 6.07 Å². The van der Waals surface area contributed by atoms with Crippen LogP contribution in [0.1, 0.15) is 15.9 Å². The maximum atomic E-state index is 12.5. The molecule has 1 amide bonds. The number of aliphatic carboxylic acids is 1. The fourth-order valence-electron chi connectivity index (χ4n) is 2.19. The summed E-state index contributed by atoms with van der Waals surface area (Å²) in [6.07, 6.45) is 0. The van der Waals surface area contributed by atoms with Crippen molar-refractivity contribution in [1.29, 1.82) is 0 Å². The number of benzene rings is 1. The molecule has 0 aliphatic carbocycles. The summed E-state index contributed by atoms with van der Waals surface area (Å²) in [5.74, 6) is -0.778. The molecule has 7 nitrogen and oxygen atoms in total. The number of rotatable bonds is 3. The lowest BCUT2D eigenvalue weighted by Crippen LogP contribution is -2.50. The molecule has 1 N–H and O–H groups in total. The summed E-state index contributed by atoms with van der Waals surface area (Å²) in [4.78, 5) is 35.4. The quantitative estimate of drug-likeness (QED) is 0.671. The van der Waals surface area contributed by atoms with Crippen molar-refractivity contribution in [3.63, 3.8) is 0 Å². The molecular formula is C13H14N2O5S. The summed E-state index contributed by atoms with van der Waals surface area (Å²) in [7, 11) is 0. The number of nitrogens with zero attached hydrogens (tertiary/aromatic N) is 2. The molecular weight excluding hydrogens is 296 g/mol. The van der Waals surface area contributed by atoms with Crippen molar-refractivity contribution >= 4 is 29.3 Å². The van der Waals surface area contributed by atoms with Crippen LogP contribution < -0.4 is 0 Å². The van der Waals surface area contributed by atoms with E-state index in [1.165, 1.54) is 28.8 Å². The predicted octanol–water partition coefficient (Wildman–Crippen LogP) is 1.55. The topological polar surface area (TPSA) is 101 Å². The van der Waals surface area contributed by atoms with Gasteiger partial charge in [-0.05, 0) is 18.6 Å². The number of hydrogen-bond acceptors (Lipinski definition) is 5. The molecule has 1 aromatic rings. The SMILES string of the molecule is Cc1ccc([N+](=O)[O-])c(C(=O)N2CCSCC2C(=O)O)c1. The molecule has 1 aliphatic rings. The Kier molecular flexibility index (Phi) is 4.46. The maximum Gasteiger partial charge on any atom is 0.327 e. The summed E-state index contributed by atoms with van der Waals surface area (Å²) >= 11 is 1.45. The summed E-state index contributed by atoms with van der Waals surface area (Å²) in [5.41, 5.74) is 0.355. The van der Waals surface area contributed by atoms with E-state index in [-0.39, 0.29) is 17.8 Å². The van der Waals surface area contributed by atoms with Gasteiger partial charge in [0.05, 0.1) is 4.92 Å². The van der Waals surface area contributed by atoms with Crippen molar-refractivity contribution in [3.05, 3.63) is 39.4 Å². The summed E-state index contributed by atoms with van der Waals surface area (Å²) < 4.78 is 0. The second kappa shape index (κ2) is 6.13. The molecule has 8 heteroatoms. The average molecular weight is 310 g/mol. The van der Waals surface area contributed by atoms with Gasteiger partial charge in [-0.15, -0.1) is 0 Å². The molecule has 1 unspecified atom stereocenters. The predicted molar refractivity (Wildman–Crippen MR) is 77.6 cm³/mol. The molecule has 1 heterocycles. The Morgan fingerprint density at radius 2 is 2.19 bits per heavy atom. The molecule has 1 fully saturated rings. The summed E-state index contributed by atoms with van der Waals surface area (Å²) in [6, 6.07) is 3.31. The van der Waals surface area contributed by atoms with Gasteiger partial charge in [-0.25, -0.2) is 4.79 Å². The highest BCUT2D eigenvalue weighted by Crippen LogP contribution is 2.25. The van der Waals surface area contributed by atoms with E-state index < -0.39 is 22.8 Å². The largest absolute Gasteiger partial charge is 0.480 e. The number of thioether (sulfide) groups is 1. The molecule has 0 aromatic heterocycles. The number of nitro groups is 1. The van der Waals surface area contributed by atoms with Crippen LogP contribution in [0.15, 0.2) is 18.2 Å². The Bertz CT molecular complexity index is 604. The third-order valence-electron chi connectivity index (χ3n) is 3.25. The number of carboxylic acids is 1. The fourth-order valence-corrected chi connectivity index (χ4v) is 3.22. The Morgan fingerprint density at radius 1 is 1.48 bits per heavy atom. The zero-order valence-corrected chi connectivity index (χ0v) is 12.1. The first-order chi connectivity index (χ1) is 9.91. The monoisotopic (exact) mass is 310 g/mol. The Balaban J connectivity index is 2.40. The van der Waals surface area contributed by atoms with Crippen LogP contribution >= 0.6 is 11.8 Å². The van der Waals surface area contributed by atoms with Crippen LogP contribution in [0, 0.1) is 17.0 Å². The van der Waals surface area contributed by atoms with E-state index in [0.29, 0.717) is 17.1 Å². The van der Waals surface area contributed by atoms with Crippen molar-refractivity contribution in [2.24, 2.45) is 0 Å². The Hall–Kier alpha value is -2.09. The zero-order chi connectivity index (χ0) is 15.6. The average Bonchev–Trinajstić information content (AvgIpc) is 2.46. The number of carboxylic acid groups (broad SMARTS) is 1. The molecule has 1 atom stereocenters. The van der Waals surface area contributed by atoms with Gasteiger partial charge in [0.2, 0.25) is 0 Å². The highest BCUT2D eigenvalue weighted by molar-refractivity contribution is 7.99. The number of carbonyl (C=O) groups excluding carboxylic acids is 1. The normalized spacial score (nSPS) is 18.3. The van der Waals surface area contributed by atoms with Crippen molar-refractivity contribution in [1.82, 2.24) is 4.90 Å². The van der Waals surface area contributed by atoms with Crippen molar-refractivity contribution in [3.8, 4) is 0 Å². The van der Waals surface area contributed by atoms with E-state index in [1.54, 1.807) is 13.0 Å². The van der Waals surface area contributed by atoms with Gasteiger partial charge < -0.3 is 10.0 Å². The molecule has 0 radical (unpaired) electrons. The lowest BCUT2D eigenvalue weighted by molar-refractivity contribution is -0.385. The van der Waals surface area contributed by atoms with E-state index >= 15 is 0 Å². The highest BCUT2D eigenvalue weighted by Gasteiger charge is 2.35. The second-order valence-electron chi connectivity index (χ2n) is 4.71. The molecule has 1 saturated heterocycles. The second-order valence-corrected chi connectivity index (χ2v) is 5.86. The van der Waals surface area contributed by atoms with Crippen LogP contribution in [0.3, 0.4) is 0 Å². The molecule has 0 saturated carbocycles. The number of amides is 1. The number of nitro benzene ring substituents is 1. The van der Waals surface area contributed by atoms with Gasteiger partial charge in [0.25, 0.3) is 11.6 Å². The van der Waals surface area contributed by atoms with Gasteiger partial charge >= 0.3 is 5.97 Å². The van der Waals surface area contributed by atoms with E-state index in [4.69, 9.17) is 0 Å². The third-order valence-corrected chi connectivity index (χ3v) is 4.28. The van der Waals surface area contributed by atoms with Crippen molar-refractivity contribution < 1.29 is 19.6 Å². The van der Waals surface area contributed by atoms with Crippen LogP contribution in [0.25, 0.3) is 0 Å². The minimum Gasteiger partial charge on any atom is -0.480 e. The first-order valence-corrected chi connectivity index (χ1v) is 7.44. The molecule has 0 bridgehead atoms. The molecule has 2 rings (SSSR count). The van der Waals surface area contributed by atoms with Gasteiger partial charge in [0.15, 0.2) is 0 Å². The number of hydrogen-bond donors (Lipinski definition) is 1. The molecule has 1 aromatic carbocycles. The molecule has 21 heavy (non-hydrogen) atoms. The number of carbonyl (C=O) groups is 2. The first kappa shape index (κ1) is 15.3. The van der Waals surface area contributed by atoms with Crippen LogP contribution in [-0.4, -0.2) is 50.9 Å². The molecule has 1 aliphatic heterocycles. The Labute approximate surface area is 125 Å². The lowest BCUT2D eigenvalue weighted by atomic mass is 10.1. The molecule has 112 valence electrons. The highest BCUT2D eigenvalue weighted by atomic mass is 32.2. The van der Waals surface area contributed by atoms with Gasteiger partial charge in [0, 0.05) is 24.1 Å². The van der Waals surface area contributed by atoms with Crippen molar-refractivity contribution in [2.75, 3.05) is 18.1 Å². The van der Waals surface area contributed by atoms with Crippen LogP contribution in [0.2, 0.25) is 0 Å². The summed E-state index contributed by atoms with van der Waals surface area (Å²) in [6.45, 7) is 1.99. The van der Waals surface area contributed by atoms with Gasteiger partial charge in [-0.3, -0.25) is 14.9 Å². The zero-order valence-electron chi connectivity index (χ0n) is 11.3. The van der Waals surface area contributed by atoms with Crippen LogP contribution in [0.5, 0.6) is 0 Å². The molecule has 0 spiro atoms. The smallest absolute Gasteiger partial charge is 0.327 e. The third kappa shape index (κ3) is 3.15. The standard InChI is InChI=1S/C13H14N2O5S/c1-8-2-3-10(15(19)20)9(6-8)12(16)14-4-5-21-7-11(14)13(17)18/h2-3,6,11H,4-5,7H2,1H3,(H,17,18). The van der Waals surface area contributed by atoms with E-state index in [1.807, 2.05) is 0 Å². The minimum absolute atomic E-state index is 0.0573. The summed E-state index contributed by atoms with van der Waals surface area (Å²) in [5, 5.41) is 20.2. The number of aryl methyl sites for hydroxylation is 1. The van der Waals surface area contributed by atoms with E-state index in [9.17, 15) is 24.8 Å². The van der Waals surface area contributed by atoms with Crippen LogP contribution in [0.4, 0.5) is 5.69 Å². The first-order valence-electron chi connectivity index (χ1n) is 6.28.